The monoisotopic (exact) mass is 264 g/mol. The van der Waals surface area contributed by atoms with Gasteiger partial charge in [-0.05, 0) is 38.8 Å². The van der Waals surface area contributed by atoms with Crippen LogP contribution in [0, 0.1) is 23.7 Å². The summed E-state index contributed by atoms with van der Waals surface area (Å²) in [6.45, 7) is 7.10. The van der Waals surface area contributed by atoms with Crippen LogP contribution in [0.2, 0.25) is 0 Å². The standard InChI is InChI=1S/C10H12O.C9H8/c1-4-6-10(5-2)8-7-9(3)11;1-2-6-9-7-4-3-5-8-9/h4-6H,1-3H3;3-5,7-8H,1H3/b6-4-,10-5+;. The molecule has 0 N–H and O–H groups in total. The smallest absolute Gasteiger partial charge is 0.202 e. The third kappa shape index (κ3) is 9.51. The van der Waals surface area contributed by atoms with E-state index in [1.807, 2.05) is 69.3 Å². The van der Waals surface area contributed by atoms with Gasteiger partial charge in [-0.1, -0.05) is 48.3 Å². The van der Waals surface area contributed by atoms with Gasteiger partial charge in [-0.2, -0.15) is 0 Å². The second-order valence-corrected chi connectivity index (χ2v) is 3.79. The molecule has 1 heteroatoms. The molecule has 0 unspecified atom stereocenters. The van der Waals surface area contributed by atoms with E-state index in [0.717, 1.165) is 11.1 Å². The summed E-state index contributed by atoms with van der Waals surface area (Å²) >= 11 is 0. The lowest BCUT2D eigenvalue weighted by Gasteiger charge is -1.83. The Hall–Kier alpha value is -2.51. The molecule has 0 bridgehead atoms. The molecule has 0 fully saturated rings. The van der Waals surface area contributed by atoms with Crippen LogP contribution in [0.4, 0.5) is 0 Å². The number of carbonyl (C=O) groups excluding carboxylic acids is 1. The number of benzene rings is 1. The maximum atomic E-state index is 10.4. The molecule has 0 saturated heterocycles. The first-order chi connectivity index (χ1) is 9.63. The zero-order valence-corrected chi connectivity index (χ0v) is 12.5. The summed E-state index contributed by atoms with van der Waals surface area (Å²) in [5.41, 5.74) is 1.96. The Balaban J connectivity index is 0.000000367. The van der Waals surface area contributed by atoms with E-state index in [1.54, 1.807) is 0 Å². The van der Waals surface area contributed by atoms with Crippen molar-refractivity contribution in [1.29, 1.82) is 0 Å². The minimum atomic E-state index is -0.103. The number of carbonyl (C=O) groups is 1. The van der Waals surface area contributed by atoms with Gasteiger partial charge in [0.15, 0.2) is 0 Å². The maximum Gasteiger partial charge on any atom is 0.202 e. The summed E-state index contributed by atoms with van der Waals surface area (Å²) in [5, 5.41) is 0. The van der Waals surface area contributed by atoms with Gasteiger partial charge in [-0.15, -0.1) is 5.92 Å². The third-order valence-corrected chi connectivity index (χ3v) is 2.08. The first kappa shape index (κ1) is 17.5. The highest BCUT2D eigenvalue weighted by Crippen LogP contribution is 1.94. The molecule has 0 heterocycles. The fourth-order valence-electron chi connectivity index (χ4n) is 1.22. The first-order valence-corrected chi connectivity index (χ1v) is 6.43. The van der Waals surface area contributed by atoms with E-state index in [-0.39, 0.29) is 5.78 Å². The van der Waals surface area contributed by atoms with Crippen molar-refractivity contribution in [1.82, 2.24) is 0 Å². The molecule has 0 amide bonds. The fourth-order valence-corrected chi connectivity index (χ4v) is 1.22. The van der Waals surface area contributed by atoms with E-state index in [1.165, 1.54) is 6.92 Å². The number of rotatable bonds is 1. The van der Waals surface area contributed by atoms with Crippen LogP contribution in [-0.2, 0) is 4.79 Å². The molecule has 1 nitrogen and oxygen atoms in total. The Bertz CT molecular complexity index is 581. The van der Waals surface area contributed by atoms with Gasteiger partial charge in [0.1, 0.15) is 0 Å². The predicted molar refractivity (Wildman–Crippen MR) is 86.0 cm³/mol. The lowest BCUT2D eigenvalue weighted by Crippen LogP contribution is -1.81. The highest BCUT2D eigenvalue weighted by Gasteiger charge is 1.82. The molecule has 1 aromatic carbocycles. The number of hydrogen-bond acceptors (Lipinski definition) is 1. The van der Waals surface area contributed by atoms with E-state index in [9.17, 15) is 4.79 Å². The van der Waals surface area contributed by atoms with E-state index >= 15 is 0 Å². The van der Waals surface area contributed by atoms with Gasteiger partial charge in [-0.25, -0.2) is 0 Å². The first-order valence-electron chi connectivity index (χ1n) is 6.43. The van der Waals surface area contributed by atoms with Crippen LogP contribution in [-0.4, -0.2) is 5.78 Å². The summed E-state index contributed by atoms with van der Waals surface area (Å²) in [6.07, 6.45) is 5.63. The number of allylic oxidation sites excluding steroid dienone is 4. The van der Waals surface area contributed by atoms with Crippen LogP contribution in [0.15, 0.2) is 54.1 Å². The molecule has 0 aliphatic rings. The molecular weight excluding hydrogens is 244 g/mol. The Morgan fingerprint density at radius 2 is 1.75 bits per heavy atom. The van der Waals surface area contributed by atoms with E-state index in [2.05, 4.69) is 23.7 Å². The zero-order valence-electron chi connectivity index (χ0n) is 12.5. The van der Waals surface area contributed by atoms with Gasteiger partial charge in [0.25, 0.3) is 0 Å². The third-order valence-electron chi connectivity index (χ3n) is 2.08. The fraction of sp³-hybridized carbons (Fsp3) is 0.211. The van der Waals surface area contributed by atoms with E-state index in [0.29, 0.717) is 0 Å². The SMILES string of the molecule is C/C=C\C(C#CC(C)=O)=C/C.CC#Cc1ccccc1. The number of ketones is 1. The molecule has 0 saturated carbocycles. The van der Waals surface area contributed by atoms with E-state index in [4.69, 9.17) is 0 Å². The van der Waals surface area contributed by atoms with Crippen molar-refractivity contribution >= 4 is 5.78 Å². The Morgan fingerprint density at radius 3 is 2.20 bits per heavy atom. The highest BCUT2D eigenvalue weighted by atomic mass is 16.1. The van der Waals surface area contributed by atoms with Gasteiger partial charge >= 0.3 is 0 Å². The molecular formula is C19H20O. The minimum Gasteiger partial charge on any atom is -0.285 e. The molecule has 1 rings (SSSR count). The number of Topliss-reactive ketones (excluding diaryl/α,β-unsaturated/α-hetero) is 1. The predicted octanol–water partition coefficient (Wildman–Crippen LogP) is 4.16. The lowest BCUT2D eigenvalue weighted by molar-refractivity contribution is -0.111. The molecule has 0 spiro atoms. The Kier molecular flexibility index (Phi) is 10.1. The minimum absolute atomic E-state index is 0.103. The molecule has 1 aromatic rings. The van der Waals surface area contributed by atoms with Gasteiger partial charge in [0.05, 0.1) is 0 Å². The summed E-state index contributed by atoms with van der Waals surface area (Å²) in [5.74, 6) is 10.9. The molecule has 20 heavy (non-hydrogen) atoms. The average molecular weight is 264 g/mol. The summed E-state index contributed by atoms with van der Waals surface area (Å²) in [4.78, 5) is 10.4. The highest BCUT2D eigenvalue weighted by molar-refractivity contribution is 5.93. The van der Waals surface area contributed by atoms with Crippen LogP contribution >= 0.6 is 0 Å². The van der Waals surface area contributed by atoms with Gasteiger partial charge in [0, 0.05) is 18.1 Å². The Labute approximate surface area is 122 Å². The van der Waals surface area contributed by atoms with Crippen molar-refractivity contribution in [3.8, 4) is 23.7 Å². The Morgan fingerprint density at radius 1 is 1.10 bits per heavy atom. The molecule has 102 valence electrons. The summed E-state index contributed by atoms with van der Waals surface area (Å²) in [6, 6.07) is 9.95. The average Bonchev–Trinajstić information content (AvgIpc) is 2.45. The second-order valence-electron chi connectivity index (χ2n) is 3.79. The topological polar surface area (TPSA) is 17.1 Å². The van der Waals surface area contributed by atoms with Gasteiger partial charge in [-0.3, -0.25) is 4.79 Å². The van der Waals surface area contributed by atoms with Gasteiger partial charge in [0.2, 0.25) is 5.78 Å². The second kappa shape index (κ2) is 11.6. The summed E-state index contributed by atoms with van der Waals surface area (Å²) in [7, 11) is 0. The van der Waals surface area contributed by atoms with Gasteiger partial charge < -0.3 is 0 Å². The van der Waals surface area contributed by atoms with Crippen molar-refractivity contribution in [3.05, 3.63) is 59.7 Å². The molecule has 0 aromatic heterocycles. The molecule has 0 aliphatic carbocycles. The van der Waals surface area contributed by atoms with Crippen LogP contribution in [0.3, 0.4) is 0 Å². The quantitative estimate of drug-likeness (QED) is 0.423. The van der Waals surface area contributed by atoms with Crippen LogP contribution in [0.25, 0.3) is 0 Å². The largest absolute Gasteiger partial charge is 0.285 e. The molecule has 0 radical (unpaired) electrons. The lowest BCUT2D eigenvalue weighted by atomic mass is 10.2. The summed E-state index contributed by atoms with van der Waals surface area (Å²) < 4.78 is 0. The van der Waals surface area contributed by atoms with E-state index < -0.39 is 0 Å². The maximum absolute atomic E-state index is 10.4. The van der Waals surface area contributed by atoms with Crippen LogP contribution in [0.1, 0.15) is 33.3 Å². The number of hydrogen-bond donors (Lipinski definition) is 0. The molecule has 0 atom stereocenters. The van der Waals surface area contributed by atoms with Crippen molar-refractivity contribution in [3.63, 3.8) is 0 Å². The van der Waals surface area contributed by atoms with Crippen molar-refractivity contribution in [2.45, 2.75) is 27.7 Å². The van der Waals surface area contributed by atoms with Crippen molar-refractivity contribution in [2.75, 3.05) is 0 Å². The van der Waals surface area contributed by atoms with Crippen LogP contribution in [0.5, 0.6) is 0 Å². The van der Waals surface area contributed by atoms with Crippen molar-refractivity contribution < 1.29 is 4.79 Å². The molecule has 0 aliphatic heterocycles. The zero-order chi connectivity index (χ0) is 15.2. The normalized spacial score (nSPS) is 9.50. The van der Waals surface area contributed by atoms with Crippen molar-refractivity contribution in [2.24, 2.45) is 0 Å². The van der Waals surface area contributed by atoms with Crippen LogP contribution < -0.4 is 0 Å².